The largest absolute Gasteiger partial charge is 0.356 e. The summed E-state index contributed by atoms with van der Waals surface area (Å²) in [6.07, 6.45) is 9.75. The molecule has 42 heavy (non-hydrogen) atoms. The van der Waals surface area contributed by atoms with Crippen LogP contribution >= 0.6 is 11.6 Å². The molecule has 5 rings (SSSR count). The lowest BCUT2D eigenvalue weighted by molar-refractivity contribution is -0.135. The molecule has 1 fully saturated rings. The Kier molecular flexibility index (Phi) is 10.7. The summed E-state index contributed by atoms with van der Waals surface area (Å²) in [5.41, 5.74) is 4.07. The van der Waals surface area contributed by atoms with Gasteiger partial charge in [0.05, 0.1) is 17.5 Å². The van der Waals surface area contributed by atoms with Gasteiger partial charge in [0.15, 0.2) is 0 Å². The van der Waals surface area contributed by atoms with Crippen LogP contribution in [0.5, 0.6) is 0 Å². The van der Waals surface area contributed by atoms with E-state index >= 15 is 0 Å². The molecule has 0 atom stereocenters. The number of carbonyl (C=O) groups is 2. The van der Waals surface area contributed by atoms with Crippen LogP contribution in [0.1, 0.15) is 68.3 Å². The van der Waals surface area contributed by atoms with Gasteiger partial charge in [-0.2, -0.15) is 0 Å². The van der Waals surface area contributed by atoms with Gasteiger partial charge < -0.3 is 14.8 Å². The topological polar surface area (TPSA) is 67.2 Å². The van der Waals surface area contributed by atoms with Gasteiger partial charge >= 0.3 is 0 Å². The number of fused-ring (bicyclic) bond motifs is 1. The van der Waals surface area contributed by atoms with Crippen molar-refractivity contribution in [2.75, 3.05) is 6.54 Å². The minimum Gasteiger partial charge on any atom is -0.356 e. The number of imidazole rings is 1. The minimum atomic E-state index is 0.0238. The standard InChI is InChI=1S/C35H41ClN4O2/c36-29-21-19-27(20-22-29)24-34(41)37-23-11-3-8-18-33-38-31-16-9-10-17-32(31)40(33)26-35(42)39(30-14-6-2-7-15-30)25-28-12-4-1-5-13-28/h1,4-5,9-10,12-13,16-17,19-22,30H,2-3,6-8,11,14-15,18,23-26H2,(H,37,41). The number of para-hydroxylation sites is 2. The maximum atomic E-state index is 14.0. The van der Waals surface area contributed by atoms with Crippen molar-refractivity contribution in [2.24, 2.45) is 0 Å². The number of rotatable bonds is 13. The van der Waals surface area contributed by atoms with Crippen LogP contribution in [0.2, 0.25) is 5.02 Å². The van der Waals surface area contributed by atoms with Gasteiger partial charge in [0.25, 0.3) is 0 Å². The summed E-state index contributed by atoms with van der Waals surface area (Å²) in [7, 11) is 0. The number of aryl methyl sites for hydroxylation is 1. The molecule has 220 valence electrons. The van der Waals surface area contributed by atoms with Gasteiger partial charge in [-0.25, -0.2) is 4.98 Å². The summed E-state index contributed by atoms with van der Waals surface area (Å²) in [4.78, 5) is 33.3. The first kappa shape index (κ1) is 29.8. The predicted octanol–water partition coefficient (Wildman–Crippen LogP) is 7.12. The van der Waals surface area contributed by atoms with Gasteiger partial charge in [-0.05, 0) is 61.1 Å². The van der Waals surface area contributed by atoms with Gasteiger partial charge in [0.2, 0.25) is 11.8 Å². The van der Waals surface area contributed by atoms with Gasteiger partial charge in [0, 0.05) is 30.6 Å². The first-order valence-electron chi connectivity index (χ1n) is 15.4. The van der Waals surface area contributed by atoms with Crippen molar-refractivity contribution in [3.05, 3.63) is 101 Å². The molecule has 0 bridgehead atoms. The molecule has 0 aliphatic heterocycles. The van der Waals surface area contributed by atoms with E-state index in [9.17, 15) is 9.59 Å². The SMILES string of the molecule is O=C(Cc1ccc(Cl)cc1)NCCCCCc1nc2ccccc2n1CC(=O)N(Cc1ccccc1)C1CCCCC1. The average molecular weight is 585 g/mol. The lowest BCUT2D eigenvalue weighted by atomic mass is 9.93. The van der Waals surface area contributed by atoms with E-state index in [1.165, 1.54) is 24.8 Å². The van der Waals surface area contributed by atoms with E-state index < -0.39 is 0 Å². The van der Waals surface area contributed by atoms with E-state index in [2.05, 4.69) is 33.0 Å². The van der Waals surface area contributed by atoms with Crippen LogP contribution in [0.25, 0.3) is 11.0 Å². The normalized spacial score (nSPS) is 13.7. The molecule has 1 N–H and O–H groups in total. The molecule has 3 aromatic carbocycles. The monoisotopic (exact) mass is 584 g/mol. The van der Waals surface area contributed by atoms with Crippen molar-refractivity contribution in [3.63, 3.8) is 0 Å². The molecule has 0 spiro atoms. The van der Waals surface area contributed by atoms with Crippen LogP contribution in [-0.2, 0) is 35.5 Å². The van der Waals surface area contributed by atoms with Crippen molar-refractivity contribution in [3.8, 4) is 0 Å². The third-order valence-electron chi connectivity index (χ3n) is 8.24. The van der Waals surface area contributed by atoms with Crippen LogP contribution in [0.3, 0.4) is 0 Å². The smallest absolute Gasteiger partial charge is 0.243 e. The number of carbonyl (C=O) groups excluding carboxylic acids is 2. The maximum absolute atomic E-state index is 14.0. The van der Waals surface area contributed by atoms with E-state index in [-0.39, 0.29) is 11.8 Å². The fourth-order valence-electron chi connectivity index (χ4n) is 5.98. The quantitative estimate of drug-likeness (QED) is 0.170. The van der Waals surface area contributed by atoms with Crippen molar-refractivity contribution in [1.82, 2.24) is 19.8 Å². The van der Waals surface area contributed by atoms with Crippen LogP contribution in [0, 0.1) is 0 Å². The van der Waals surface area contributed by atoms with Crippen LogP contribution < -0.4 is 5.32 Å². The molecule has 1 saturated carbocycles. The Morgan fingerprint density at radius 2 is 1.60 bits per heavy atom. The molecule has 2 amide bonds. The van der Waals surface area contributed by atoms with Gasteiger partial charge in [0.1, 0.15) is 12.4 Å². The van der Waals surface area contributed by atoms with Gasteiger partial charge in [-0.3, -0.25) is 9.59 Å². The third kappa shape index (κ3) is 8.22. The molecule has 1 aliphatic carbocycles. The van der Waals surface area contributed by atoms with Gasteiger partial charge in [-0.1, -0.05) is 91.9 Å². The summed E-state index contributed by atoms with van der Waals surface area (Å²) in [6, 6.07) is 26.1. The predicted molar refractivity (Wildman–Crippen MR) is 169 cm³/mol. The van der Waals surface area contributed by atoms with E-state index in [4.69, 9.17) is 16.6 Å². The van der Waals surface area contributed by atoms with Crippen molar-refractivity contribution < 1.29 is 9.59 Å². The van der Waals surface area contributed by atoms with Crippen LogP contribution in [-0.4, -0.2) is 38.9 Å². The number of hydrogen-bond acceptors (Lipinski definition) is 3. The molecule has 1 aliphatic rings. The Bertz CT molecular complexity index is 1450. The molecule has 7 heteroatoms. The summed E-state index contributed by atoms with van der Waals surface area (Å²) in [5.74, 6) is 1.15. The average Bonchev–Trinajstić information content (AvgIpc) is 3.36. The van der Waals surface area contributed by atoms with E-state index in [0.29, 0.717) is 37.1 Å². The summed E-state index contributed by atoms with van der Waals surface area (Å²) >= 11 is 5.93. The van der Waals surface area contributed by atoms with E-state index in [0.717, 1.165) is 60.9 Å². The van der Waals surface area contributed by atoms with Gasteiger partial charge in [-0.15, -0.1) is 0 Å². The lowest BCUT2D eigenvalue weighted by Crippen LogP contribution is -2.42. The second-order valence-electron chi connectivity index (χ2n) is 11.4. The van der Waals surface area contributed by atoms with Crippen molar-refractivity contribution >= 4 is 34.4 Å². The Morgan fingerprint density at radius 1 is 0.857 bits per heavy atom. The molecular formula is C35H41ClN4O2. The highest BCUT2D eigenvalue weighted by Crippen LogP contribution is 2.26. The van der Waals surface area contributed by atoms with Crippen molar-refractivity contribution in [1.29, 1.82) is 0 Å². The maximum Gasteiger partial charge on any atom is 0.243 e. The highest BCUT2D eigenvalue weighted by molar-refractivity contribution is 6.30. The van der Waals surface area contributed by atoms with Crippen LogP contribution in [0.4, 0.5) is 0 Å². The minimum absolute atomic E-state index is 0.0238. The second-order valence-corrected chi connectivity index (χ2v) is 11.8. The number of aromatic nitrogens is 2. The molecule has 1 aromatic heterocycles. The van der Waals surface area contributed by atoms with E-state index in [1.807, 2.05) is 60.7 Å². The Balaban J connectivity index is 1.18. The molecular weight excluding hydrogens is 544 g/mol. The Labute approximate surface area is 254 Å². The van der Waals surface area contributed by atoms with Crippen molar-refractivity contribution in [2.45, 2.75) is 83.3 Å². The molecule has 0 saturated heterocycles. The Morgan fingerprint density at radius 3 is 2.38 bits per heavy atom. The first-order valence-corrected chi connectivity index (χ1v) is 15.7. The number of hydrogen-bond donors (Lipinski definition) is 1. The zero-order valence-corrected chi connectivity index (χ0v) is 25.1. The first-order chi connectivity index (χ1) is 20.6. The molecule has 1 heterocycles. The summed E-state index contributed by atoms with van der Waals surface area (Å²) in [6.45, 7) is 1.60. The summed E-state index contributed by atoms with van der Waals surface area (Å²) < 4.78 is 2.13. The number of unbranched alkanes of at least 4 members (excludes halogenated alkanes) is 2. The second kappa shape index (κ2) is 15.0. The number of benzene rings is 3. The third-order valence-corrected chi connectivity index (χ3v) is 8.49. The molecule has 4 aromatic rings. The fourth-order valence-corrected chi connectivity index (χ4v) is 6.10. The highest BCUT2D eigenvalue weighted by atomic mass is 35.5. The number of amides is 2. The number of nitrogens with zero attached hydrogens (tertiary/aromatic N) is 3. The molecule has 6 nitrogen and oxygen atoms in total. The zero-order valence-electron chi connectivity index (χ0n) is 24.3. The highest BCUT2D eigenvalue weighted by Gasteiger charge is 2.27. The Hall–Kier alpha value is -3.64. The number of nitrogens with one attached hydrogen (secondary N) is 1. The fraction of sp³-hybridized carbons (Fsp3) is 0.400. The number of halogens is 1. The van der Waals surface area contributed by atoms with E-state index in [1.54, 1.807) is 0 Å². The summed E-state index contributed by atoms with van der Waals surface area (Å²) in [5, 5.41) is 3.70. The lowest BCUT2D eigenvalue weighted by Gasteiger charge is -2.35. The zero-order chi connectivity index (χ0) is 29.1. The molecule has 0 unspecified atom stereocenters. The molecule has 0 radical (unpaired) electrons. The van der Waals surface area contributed by atoms with Crippen LogP contribution in [0.15, 0.2) is 78.9 Å².